The van der Waals surface area contributed by atoms with Crippen LogP contribution in [0.4, 0.5) is 5.82 Å². The van der Waals surface area contributed by atoms with Gasteiger partial charge in [0.15, 0.2) is 17.3 Å². The van der Waals surface area contributed by atoms with Crippen molar-refractivity contribution in [3.8, 4) is 22.8 Å². The van der Waals surface area contributed by atoms with Gasteiger partial charge in [-0.1, -0.05) is 18.2 Å². The summed E-state index contributed by atoms with van der Waals surface area (Å²) in [6.07, 6.45) is 1.78. The standard InChI is InChI=1S/C22H18N4O3/c1-26-9-8-21(25-26)24-22(27)16-13-18(23-17-5-3-2-4-15(16)17)14-6-7-19-20(12-14)29-11-10-28-19/h2-9,12-13H,10-11H2,1H3,(H,24,25,27). The van der Waals surface area contributed by atoms with Crippen LogP contribution in [-0.2, 0) is 7.05 Å². The Balaban J connectivity index is 1.59. The molecular weight excluding hydrogens is 368 g/mol. The third kappa shape index (κ3) is 3.27. The summed E-state index contributed by atoms with van der Waals surface area (Å²) in [5.41, 5.74) is 2.82. The first kappa shape index (κ1) is 17.2. The van der Waals surface area contributed by atoms with Crippen LogP contribution in [0.1, 0.15) is 10.4 Å². The fourth-order valence-corrected chi connectivity index (χ4v) is 3.38. The molecule has 4 aromatic rings. The summed E-state index contributed by atoms with van der Waals surface area (Å²) in [7, 11) is 1.80. The Kier molecular flexibility index (Phi) is 4.13. The number of nitrogens with one attached hydrogen (secondary N) is 1. The molecule has 0 fully saturated rings. The number of rotatable bonds is 3. The van der Waals surface area contributed by atoms with Crippen LogP contribution in [0.3, 0.4) is 0 Å². The van der Waals surface area contributed by atoms with E-state index in [2.05, 4.69) is 10.4 Å². The maximum absolute atomic E-state index is 13.0. The summed E-state index contributed by atoms with van der Waals surface area (Å²) in [4.78, 5) is 17.8. The van der Waals surface area contributed by atoms with Crippen molar-refractivity contribution in [1.29, 1.82) is 0 Å². The van der Waals surface area contributed by atoms with Gasteiger partial charge in [-0.05, 0) is 30.3 Å². The van der Waals surface area contributed by atoms with Gasteiger partial charge in [0.1, 0.15) is 13.2 Å². The topological polar surface area (TPSA) is 78.3 Å². The first-order valence-corrected chi connectivity index (χ1v) is 9.28. The van der Waals surface area contributed by atoms with Crippen LogP contribution in [0.5, 0.6) is 11.5 Å². The van der Waals surface area contributed by atoms with Crippen molar-refractivity contribution < 1.29 is 14.3 Å². The number of aromatic nitrogens is 3. The van der Waals surface area contributed by atoms with E-state index >= 15 is 0 Å². The van der Waals surface area contributed by atoms with Crippen molar-refractivity contribution in [3.63, 3.8) is 0 Å². The monoisotopic (exact) mass is 386 g/mol. The SMILES string of the molecule is Cn1ccc(NC(=O)c2cc(-c3ccc4c(c3)OCCO4)nc3ccccc23)n1. The summed E-state index contributed by atoms with van der Waals surface area (Å²) in [5, 5.41) is 7.86. The minimum Gasteiger partial charge on any atom is -0.486 e. The minimum absolute atomic E-state index is 0.235. The molecule has 1 aliphatic rings. The summed E-state index contributed by atoms with van der Waals surface area (Å²) >= 11 is 0. The predicted octanol–water partition coefficient (Wildman–Crippen LogP) is 3.66. The Morgan fingerprint density at radius 3 is 2.69 bits per heavy atom. The molecule has 29 heavy (non-hydrogen) atoms. The molecular formula is C22H18N4O3. The molecule has 144 valence electrons. The number of benzene rings is 2. The van der Waals surface area contributed by atoms with Crippen LogP contribution in [0.15, 0.2) is 60.8 Å². The molecule has 5 rings (SSSR count). The number of amides is 1. The second-order valence-electron chi connectivity index (χ2n) is 6.76. The lowest BCUT2D eigenvalue weighted by Gasteiger charge is -2.19. The zero-order chi connectivity index (χ0) is 19.8. The molecule has 1 aliphatic heterocycles. The average molecular weight is 386 g/mol. The normalized spacial score (nSPS) is 12.7. The Morgan fingerprint density at radius 1 is 1.03 bits per heavy atom. The number of hydrogen-bond donors (Lipinski definition) is 1. The molecule has 1 N–H and O–H groups in total. The van der Waals surface area contributed by atoms with Gasteiger partial charge in [-0.25, -0.2) is 4.98 Å². The number of pyridine rings is 1. The highest BCUT2D eigenvalue weighted by atomic mass is 16.6. The third-order valence-electron chi connectivity index (χ3n) is 4.75. The van der Waals surface area contributed by atoms with Gasteiger partial charge in [0.05, 0.1) is 16.8 Å². The number of anilines is 1. The van der Waals surface area contributed by atoms with Crippen LogP contribution in [0.2, 0.25) is 0 Å². The number of ether oxygens (including phenoxy) is 2. The number of aryl methyl sites for hydroxylation is 1. The number of fused-ring (bicyclic) bond motifs is 2. The van der Waals surface area contributed by atoms with Crippen molar-refractivity contribution in [2.75, 3.05) is 18.5 Å². The zero-order valence-electron chi connectivity index (χ0n) is 15.8. The zero-order valence-corrected chi connectivity index (χ0v) is 15.8. The van der Waals surface area contributed by atoms with Gasteiger partial charge < -0.3 is 14.8 Å². The molecule has 0 unspecified atom stereocenters. The van der Waals surface area contributed by atoms with Crippen molar-refractivity contribution >= 4 is 22.6 Å². The largest absolute Gasteiger partial charge is 0.486 e. The van der Waals surface area contributed by atoms with Crippen molar-refractivity contribution in [3.05, 3.63) is 66.4 Å². The lowest BCUT2D eigenvalue weighted by atomic mass is 10.0. The number of hydrogen-bond acceptors (Lipinski definition) is 5. The Morgan fingerprint density at radius 2 is 1.86 bits per heavy atom. The number of carbonyl (C=O) groups is 1. The van der Waals surface area contributed by atoms with E-state index < -0.39 is 0 Å². The first-order valence-electron chi connectivity index (χ1n) is 9.28. The Hall–Kier alpha value is -3.87. The number of para-hydroxylation sites is 1. The van der Waals surface area contributed by atoms with E-state index in [1.54, 1.807) is 30.1 Å². The Labute approximate surface area is 166 Å². The summed E-state index contributed by atoms with van der Waals surface area (Å²) in [6, 6.07) is 16.8. The second kappa shape index (κ2) is 6.94. The molecule has 7 heteroatoms. The van der Waals surface area contributed by atoms with Gasteiger partial charge in [-0.15, -0.1) is 0 Å². The second-order valence-corrected chi connectivity index (χ2v) is 6.76. The van der Waals surface area contributed by atoms with Crippen molar-refractivity contribution in [2.24, 2.45) is 7.05 Å². The lowest BCUT2D eigenvalue weighted by Crippen LogP contribution is -2.15. The molecule has 7 nitrogen and oxygen atoms in total. The smallest absolute Gasteiger partial charge is 0.257 e. The molecule has 0 saturated heterocycles. The summed E-state index contributed by atoms with van der Waals surface area (Å²) in [6.45, 7) is 1.05. The van der Waals surface area contributed by atoms with Crippen LogP contribution < -0.4 is 14.8 Å². The predicted molar refractivity (Wildman–Crippen MR) is 109 cm³/mol. The van der Waals surface area contributed by atoms with Gasteiger partial charge in [0, 0.05) is 30.3 Å². The lowest BCUT2D eigenvalue weighted by molar-refractivity contribution is 0.102. The van der Waals surface area contributed by atoms with Gasteiger partial charge in [-0.2, -0.15) is 5.10 Å². The van der Waals surface area contributed by atoms with Crippen molar-refractivity contribution in [2.45, 2.75) is 0 Å². The van der Waals surface area contributed by atoms with Crippen LogP contribution in [0.25, 0.3) is 22.2 Å². The molecule has 0 atom stereocenters. The fourth-order valence-electron chi connectivity index (χ4n) is 3.38. The molecule has 0 aliphatic carbocycles. The van der Waals surface area contributed by atoms with Crippen LogP contribution in [-0.4, -0.2) is 33.9 Å². The average Bonchev–Trinajstić information content (AvgIpc) is 3.17. The van der Waals surface area contributed by atoms with E-state index in [0.29, 0.717) is 41.8 Å². The quantitative estimate of drug-likeness (QED) is 0.581. The summed E-state index contributed by atoms with van der Waals surface area (Å²) in [5.74, 6) is 1.66. The molecule has 0 saturated carbocycles. The molecule has 1 amide bonds. The van der Waals surface area contributed by atoms with E-state index in [0.717, 1.165) is 16.5 Å². The first-order chi connectivity index (χ1) is 14.2. The molecule has 0 spiro atoms. The maximum atomic E-state index is 13.0. The van der Waals surface area contributed by atoms with E-state index in [1.165, 1.54) is 0 Å². The Bertz CT molecular complexity index is 1230. The molecule has 0 radical (unpaired) electrons. The van der Waals surface area contributed by atoms with E-state index in [1.807, 2.05) is 42.5 Å². The van der Waals surface area contributed by atoms with Crippen LogP contribution in [0, 0.1) is 0 Å². The van der Waals surface area contributed by atoms with E-state index in [-0.39, 0.29) is 5.91 Å². The van der Waals surface area contributed by atoms with Gasteiger partial charge >= 0.3 is 0 Å². The van der Waals surface area contributed by atoms with E-state index in [9.17, 15) is 4.79 Å². The fraction of sp³-hybridized carbons (Fsp3) is 0.136. The van der Waals surface area contributed by atoms with Crippen molar-refractivity contribution in [1.82, 2.24) is 14.8 Å². The number of carbonyl (C=O) groups excluding carboxylic acids is 1. The highest BCUT2D eigenvalue weighted by Crippen LogP contribution is 2.35. The van der Waals surface area contributed by atoms with Crippen LogP contribution >= 0.6 is 0 Å². The third-order valence-corrected chi connectivity index (χ3v) is 4.75. The molecule has 3 heterocycles. The highest BCUT2D eigenvalue weighted by Gasteiger charge is 2.17. The van der Waals surface area contributed by atoms with Gasteiger partial charge in [0.2, 0.25) is 0 Å². The molecule has 2 aromatic carbocycles. The van der Waals surface area contributed by atoms with E-state index in [4.69, 9.17) is 14.5 Å². The van der Waals surface area contributed by atoms with Gasteiger partial charge in [-0.3, -0.25) is 9.48 Å². The highest BCUT2D eigenvalue weighted by molar-refractivity contribution is 6.12. The minimum atomic E-state index is -0.235. The molecule has 0 bridgehead atoms. The maximum Gasteiger partial charge on any atom is 0.257 e. The summed E-state index contributed by atoms with van der Waals surface area (Å²) < 4.78 is 12.9. The number of nitrogens with zero attached hydrogens (tertiary/aromatic N) is 3. The van der Waals surface area contributed by atoms with Gasteiger partial charge in [0.25, 0.3) is 5.91 Å². The molecule has 2 aromatic heterocycles.